The molecule has 1 atom stereocenters. The summed E-state index contributed by atoms with van der Waals surface area (Å²) in [6.45, 7) is 0.692. The van der Waals surface area contributed by atoms with Crippen LogP contribution in [0.5, 0.6) is 5.75 Å². The maximum absolute atomic E-state index is 11.7. The number of rotatable bonds is 18. The van der Waals surface area contributed by atoms with Crippen LogP contribution in [0.4, 0.5) is 11.4 Å². The zero-order valence-corrected chi connectivity index (χ0v) is 20.0. The van der Waals surface area contributed by atoms with Crippen LogP contribution in [-0.2, 0) is 9.53 Å². The van der Waals surface area contributed by atoms with Crippen molar-refractivity contribution < 1.29 is 24.5 Å². The number of aliphatic hydroxyl groups is 2. The number of aliphatic hydroxyl groups excluding tert-OH is 2. The lowest BCUT2D eigenvalue weighted by molar-refractivity contribution is -0.150. The monoisotopic (exact) mass is 470 g/mol. The highest BCUT2D eigenvalue weighted by Gasteiger charge is 2.17. The van der Waals surface area contributed by atoms with Crippen molar-refractivity contribution >= 4 is 17.3 Å². The van der Waals surface area contributed by atoms with E-state index in [1.54, 1.807) is 0 Å². The van der Waals surface area contributed by atoms with Crippen LogP contribution >= 0.6 is 0 Å². The smallest absolute Gasteiger partial charge is 0.311 e. The van der Waals surface area contributed by atoms with E-state index in [2.05, 4.69) is 10.2 Å². The van der Waals surface area contributed by atoms with Gasteiger partial charge in [0.2, 0.25) is 0 Å². The largest absolute Gasteiger partial charge is 0.494 e. The summed E-state index contributed by atoms with van der Waals surface area (Å²) in [5.41, 5.74) is 1.63. The molecule has 2 aromatic carbocycles. The van der Waals surface area contributed by atoms with Gasteiger partial charge in [-0.05, 0) is 55.7 Å². The Morgan fingerprint density at radius 2 is 1.29 bits per heavy atom. The van der Waals surface area contributed by atoms with Crippen molar-refractivity contribution in [2.24, 2.45) is 16.1 Å². The normalized spacial score (nSPS) is 12.1. The molecule has 0 amide bonds. The number of esters is 1. The van der Waals surface area contributed by atoms with E-state index in [1.807, 2.05) is 54.6 Å². The number of hydrogen-bond acceptors (Lipinski definition) is 7. The molecule has 2 rings (SSSR count). The maximum Gasteiger partial charge on any atom is 0.311 e. The van der Waals surface area contributed by atoms with Gasteiger partial charge < -0.3 is 19.7 Å². The van der Waals surface area contributed by atoms with Crippen LogP contribution in [0.15, 0.2) is 64.8 Å². The zero-order chi connectivity index (χ0) is 24.3. The number of ether oxygens (including phenoxy) is 2. The summed E-state index contributed by atoms with van der Waals surface area (Å²) in [6, 6.07) is 17.3. The van der Waals surface area contributed by atoms with Gasteiger partial charge in [0.15, 0.2) is 0 Å². The molecule has 0 spiro atoms. The van der Waals surface area contributed by atoms with Gasteiger partial charge >= 0.3 is 5.97 Å². The molecular formula is C27H38N2O5. The first kappa shape index (κ1) is 27.5. The van der Waals surface area contributed by atoms with Gasteiger partial charge in [0.05, 0.1) is 37.1 Å². The molecule has 0 saturated heterocycles. The molecule has 0 aliphatic carbocycles. The lowest BCUT2D eigenvalue weighted by Crippen LogP contribution is -2.22. The maximum atomic E-state index is 11.7. The fourth-order valence-corrected chi connectivity index (χ4v) is 3.40. The van der Waals surface area contributed by atoms with Crippen molar-refractivity contribution in [3.8, 4) is 5.75 Å². The van der Waals surface area contributed by atoms with Crippen LogP contribution in [0.1, 0.15) is 57.8 Å². The molecular weight excluding hydrogens is 432 g/mol. The third-order valence-corrected chi connectivity index (χ3v) is 5.46. The molecule has 34 heavy (non-hydrogen) atoms. The van der Waals surface area contributed by atoms with E-state index in [-0.39, 0.29) is 19.6 Å². The standard InChI is InChI=1S/C27H38N2O5/c30-19-18-23(22-31)27(32)34-21-11-6-4-2-1-3-5-10-20-33-26-16-14-25(15-17-26)29-28-24-12-8-7-9-13-24/h7-9,12-17,23,30-31H,1-6,10-11,18-22H2. The lowest BCUT2D eigenvalue weighted by Gasteiger charge is -2.12. The van der Waals surface area contributed by atoms with E-state index >= 15 is 0 Å². The molecule has 0 saturated carbocycles. The Hall–Kier alpha value is -2.77. The summed E-state index contributed by atoms with van der Waals surface area (Å²) in [5.74, 6) is -0.172. The van der Waals surface area contributed by atoms with Crippen LogP contribution in [0.25, 0.3) is 0 Å². The van der Waals surface area contributed by atoms with E-state index in [9.17, 15) is 4.79 Å². The van der Waals surface area contributed by atoms with Gasteiger partial charge in [0.1, 0.15) is 5.75 Å². The Kier molecular flexibility index (Phi) is 14.3. The van der Waals surface area contributed by atoms with Crippen molar-refractivity contribution in [2.45, 2.75) is 57.8 Å². The third-order valence-electron chi connectivity index (χ3n) is 5.46. The molecule has 0 fully saturated rings. The van der Waals surface area contributed by atoms with Crippen LogP contribution in [0, 0.1) is 5.92 Å². The van der Waals surface area contributed by atoms with Gasteiger partial charge in [0, 0.05) is 6.61 Å². The van der Waals surface area contributed by atoms with E-state index in [1.165, 1.54) is 19.3 Å². The number of carbonyl (C=O) groups is 1. The first-order valence-corrected chi connectivity index (χ1v) is 12.3. The van der Waals surface area contributed by atoms with Crippen LogP contribution in [0.3, 0.4) is 0 Å². The van der Waals surface area contributed by atoms with Crippen molar-refractivity contribution in [1.29, 1.82) is 0 Å². The van der Waals surface area contributed by atoms with Crippen LogP contribution < -0.4 is 4.74 Å². The summed E-state index contributed by atoms with van der Waals surface area (Å²) in [5, 5.41) is 26.4. The molecule has 7 nitrogen and oxygen atoms in total. The van der Waals surface area contributed by atoms with E-state index in [4.69, 9.17) is 19.7 Å². The van der Waals surface area contributed by atoms with Gasteiger partial charge in [0.25, 0.3) is 0 Å². The van der Waals surface area contributed by atoms with Crippen molar-refractivity contribution in [3.05, 3.63) is 54.6 Å². The fraction of sp³-hybridized carbons (Fsp3) is 0.519. The van der Waals surface area contributed by atoms with E-state index in [0.717, 1.165) is 49.2 Å². The second-order valence-electron chi connectivity index (χ2n) is 8.27. The van der Waals surface area contributed by atoms with Crippen molar-refractivity contribution in [1.82, 2.24) is 0 Å². The van der Waals surface area contributed by atoms with Crippen LogP contribution in [-0.4, -0.2) is 42.6 Å². The topological polar surface area (TPSA) is 101 Å². The Labute approximate surface area is 202 Å². The third kappa shape index (κ3) is 11.9. The second kappa shape index (κ2) is 17.7. The van der Waals surface area contributed by atoms with Gasteiger partial charge in [-0.1, -0.05) is 56.7 Å². The summed E-state index contributed by atoms with van der Waals surface area (Å²) in [6.07, 6.45) is 8.98. The molecule has 186 valence electrons. The first-order chi connectivity index (χ1) is 16.7. The Morgan fingerprint density at radius 3 is 1.88 bits per heavy atom. The molecule has 0 bridgehead atoms. The predicted octanol–water partition coefficient (Wildman–Crippen LogP) is 6.14. The van der Waals surface area contributed by atoms with E-state index in [0.29, 0.717) is 13.2 Å². The SMILES string of the molecule is O=C(OCCCCCCCCCCOc1ccc(N=Nc2ccccc2)cc1)C(CO)CCO. The van der Waals surface area contributed by atoms with Gasteiger partial charge in [-0.2, -0.15) is 10.2 Å². The number of carbonyl (C=O) groups excluding carboxylic acids is 1. The number of benzene rings is 2. The second-order valence-corrected chi connectivity index (χ2v) is 8.27. The molecule has 2 aromatic rings. The minimum Gasteiger partial charge on any atom is -0.494 e. The molecule has 0 aromatic heterocycles. The van der Waals surface area contributed by atoms with Gasteiger partial charge in [-0.25, -0.2) is 0 Å². The number of nitrogens with zero attached hydrogens (tertiary/aromatic N) is 2. The Balaban J connectivity index is 1.43. The molecule has 0 radical (unpaired) electrons. The minimum atomic E-state index is -0.607. The summed E-state index contributed by atoms with van der Waals surface area (Å²) in [4.78, 5) is 11.7. The quantitative estimate of drug-likeness (QED) is 0.155. The average molecular weight is 471 g/mol. The average Bonchev–Trinajstić information content (AvgIpc) is 2.87. The van der Waals surface area contributed by atoms with Crippen molar-refractivity contribution in [3.63, 3.8) is 0 Å². The highest BCUT2D eigenvalue weighted by Crippen LogP contribution is 2.21. The molecule has 0 aliphatic heterocycles. The first-order valence-electron chi connectivity index (χ1n) is 12.3. The highest BCUT2D eigenvalue weighted by molar-refractivity contribution is 5.72. The number of unbranched alkanes of at least 4 members (excludes halogenated alkanes) is 7. The molecule has 7 heteroatoms. The van der Waals surface area contributed by atoms with Crippen molar-refractivity contribution in [2.75, 3.05) is 26.4 Å². The van der Waals surface area contributed by atoms with Gasteiger partial charge in [-0.3, -0.25) is 4.79 Å². The predicted molar refractivity (Wildman–Crippen MR) is 133 cm³/mol. The molecule has 1 unspecified atom stereocenters. The minimum absolute atomic E-state index is 0.122. The van der Waals surface area contributed by atoms with Crippen LogP contribution in [0.2, 0.25) is 0 Å². The van der Waals surface area contributed by atoms with Gasteiger partial charge in [-0.15, -0.1) is 0 Å². The molecule has 0 heterocycles. The summed E-state index contributed by atoms with van der Waals surface area (Å²) < 4.78 is 11.0. The zero-order valence-electron chi connectivity index (χ0n) is 20.0. The number of azo groups is 1. The highest BCUT2D eigenvalue weighted by atomic mass is 16.5. The summed E-state index contributed by atoms with van der Waals surface area (Å²) >= 11 is 0. The fourth-order valence-electron chi connectivity index (χ4n) is 3.40. The van der Waals surface area contributed by atoms with E-state index < -0.39 is 11.9 Å². The lowest BCUT2D eigenvalue weighted by atomic mass is 10.1. The number of hydrogen-bond donors (Lipinski definition) is 2. The Bertz CT molecular complexity index is 812. The Morgan fingerprint density at radius 1 is 0.735 bits per heavy atom. The molecule has 2 N–H and O–H groups in total. The molecule has 0 aliphatic rings. The summed E-state index contributed by atoms with van der Waals surface area (Å²) in [7, 11) is 0.